The zero-order valence-corrected chi connectivity index (χ0v) is 6.48. The monoisotopic (exact) mass is 169 g/mol. The van der Waals surface area contributed by atoms with Crippen molar-refractivity contribution in [2.75, 3.05) is 12.0 Å². The van der Waals surface area contributed by atoms with E-state index >= 15 is 0 Å². The van der Waals surface area contributed by atoms with Crippen molar-refractivity contribution in [1.82, 2.24) is 0 Å². The molecule has 1 nitrogen and oxygen atoms in total. The van der Waals surface area contributed by atoms with Gasteiger partial charge in [0.15, 0.2) is 0 Å². The van der Waals surface area contributed by atoms with Gasteiger partial charge in [-0.05, 0) is 24.1 Å². The predicted octanol–water partition coefficient (Wildman–Crippen LogP) is 2.13. The minimum Gasteiger partial charge on any atom is -0.379 e. The molecule has 1 atom stereocenters. The molecule has 64 valence electrons. The summed E-state index contributed by atoms with van der Waals surface area (Å²) in [5, 5.41) is 2.91. The van der Waals surface area contributed by atoms with E-state index in [1.165, 1.54) is 12.1 Å². The van der Waals surface area contributed by atoms with Gasteiger partial charge >= 0.3 is 0 Å². The van der Waals surface area contributed by atoms with Gasteiger partial charge < -0.3 is 5.32 Å². The Balaban J connectivity index is 2.30. The van der Waals surface area contributed by atoms with Gasteiger partial charge in [0.1, 0.15) is 12.5 Å². The van der Waals surface area contributed by atoms with Crippen molar-refractivity contribution in [3.8, 4) is 0 Å². The molecule has 1 aliphatic rings. The third kappa shape index (κ3) is 1.15. The van der Waals surface area contributed by atoms with Crippen LogP contribution in [-0.2, 0) is 6.42 Å². The lowest BCUT2D eigenvalue weighted by Gasteiger charge is -2.03. The first-order valence-corrected chi connectivity index (χ1v) is 3.90. The van der Waals surface area contributed by atoms with Gasteiger partial charge in [0, 0.05) is 5.69 Å². The average Bonchev–Trinajstić information content (AvgIpc) is 2.46. The lowest BCUT2D eigenvalue weighted by molar-refractivity contribution is 0.450. The van der Waals surface area contributed by atoms with Crippen molar-refractivity contribution in [3.05, 3.63) is 29.6 Å². The zero-order valence-electron chi connectivity index (χ0n) is 6.48. The van der Waals surface area contributed by atoms with Crippen molar-refractivity contribution < 1.29 is 8.78 Å². The Hall–Kier alpha value is -1.12. The number of nitrogens with one attached hydrogen (secondary N) is 1. The Kier molecular flexibility index (Phi) is 1.71. The number of fused-ring (bicyclic) bond motifs is 1. The fourth-order valence-electron chi connectivity index (χ4n) is 1.49. The third-order valence-corrected chi connectivity index (χ3v) is 2.08. The van der Waals surface area contributed by atoms with Crippen molar-refractivity contribution in [1.29, 1.82) is 0 Å². The Morgan fingerprint density at radius 2 is 2.33 bits per heavy atom. The second-order valence-electron chi connectivity index (χ2n) is 3.00. The number of hydrogen-bond acceptors (Lipinski definition) is 1. The fraction of sp³-hybridized carbons (Fsp3) is 0.333. The molecule has 1 aliphatic heterocycles. The topological polar surface area (TPSA) is 12.0 Å². The fourth-order valence-corrected chi connectivity index (χ4v) is 1.49. The maximum absolute atomic E-state index is 12.7. The number of hydrogen-bond donors (Lipinski definition) is 1. The van der Waals surface area contributed by atoms with E-state index in [0.717, 1.165) is 11.3 Å². The van der Waals surface area contributed by atoms with Crippen LogP contribution in [0.2, 0.25) is 0 Å². The summed E-state index contributed by atoms with van der Waals surface area (Å²) in [6.45, 7) is -0.406. The summed E-state index contributed by atoms with van der Waals surface area (Å²) in [7, 11) is 0. The van der Waals surface area contributed by atoms with Crippen LogP contribution in [0.3, 0.4) is 0 Å². The summed E-state index contributed by atoms with van der Waals surface area (Å²) >= 11 is 0. The average molecular weight is 169 g/mol. The van der Waals surface area contributed by atoms with E-state index in [1.807, 2.05) is 0 Å². The van der Waals surface area contributed by atoms with Crippen LogP contribution in [0.5, 0.6) is 0 Å². The third-order valence-electron chi connectivity index (χ3n) is 2.08. The molecule has 0 fully saturated rings. The summed E-state index contributed by atoms with van der Waals surface area (Å²) in [6, 6.07) is 4.35. The van der Waals surface area contributed by atoms with Crippen molar-refractivity contribution >= 4 is 5.69 Å². The Bertz CT molecular complexity index is 299. The molecule has 0 amide bonds. The van der Waals surface area contributed by atoms with Crippen LogP contribution in [-0.4, -0.2) is 12.7 Å². The highest BCUT2D eigenvalue weighted by molar-refractivity contribution is 5.56. The van der Waals surface area contributed by atoms with Gasteiger partial charge in [-0.15, -0.1) is 0 Å². The summed E-state index contributed by atoms with van der Waals surface area (Å²) < 4.78 is 24.9. The van der Waals surface area contributed by atoms with Crippen molar-refractivity contribution in [2.24, 2.45) is 0 Å². The van der Waals surface area contributed by atoms with Crippen LogP contribution in [0.4, 0.5) is 14.5 Å². The second-order valence-corrected chi connectivity index (χ2v) is 3.00. The van der Waals surface area contributed by atoms with Crippen LogP contribution in [0, 0.1) is 5.82 Å². The molecule has 1 unspecified atom stereocenters. The molecule has 1 aromatic carbocycles. The number of anilines is 1. The van der Waals surface area contributed by atoms with E-state index in [2.05, 4.69) is 5.32 Å². The molecule has 0 saturated heterocycles. The molecule has 12 heavy (non-hydrogen) atoms. The summed E-state index contributed by atoms with van der Waals surface area (Å²) in [6.07, 6.45) is 0.659. The molecule has 0 aliphatic carbocycles. The van der Waals surface area contributed by atoms with Crippen molar-refractivity contribution in [3.63, 3.8) is 0 Å². The van der Waals surface area contributed by atoms with Crippen LogP contribution >= 0.6 is 0 Å². The molecule has 0 spiro atoms. The molecular formula is C9H9F2N. The molecule has 0 saturated carbocycles. The highest BCUT2D eigenvalue weighted by Gasteiger charge is 2.19. The van der Waals surface area contributed by atoms with Crippen LogP contribution < -0.4 is 5.32 Å². The Morgan fingerprint density at radius 1 is 1.50 bits per heavy atom. The second kappa shape index (κ2) is 2.73. The first-order chi connectivity index (χ1) is 5.79. The van der Waals surface area contributed by atoms with Gasteiger partial charge in [-0.2, -0.15) is 0 Å². The molecule has 2 rings (SSSR count). The number of benzene rings is 1. The van der Waals surface area contributed by atoms with Crippen LogP contribution in [0.15, 0.2) is 18.2 Å². The van der Waals surface area contributed by atoms with Gasteiger partial charge in [0.25, 0.3) is 0 Å². The van der Waals surface area contributed by atoms with E-state index < -0.39 is 6.67 Å². The van der Waals surface area contributed by atoms with Crippen LogP contribution in [0.25, 0.3) is 0 Å². The molecule has 3 heteroatoms. The smallest absolute Gasteiger partial charge is 0.125 e. The van der Waals surface area contributed by atoms with Gasteiger partial charge in [0.05, 0.1) is 6.04 Å². The molecule has 0 bridgehead atoms. The number of alkyl halides is 1. The van der Waals surface area contributed by atoms with Gasteiger partial charge in [-0.3, -0.25) is 0 Å². The Labute approximate surface area is 69.4 Å². The molecule has 0 radical (unpaired) electrons. The van der Waals surface area contributed by atoms with Gasteiger partial charge in [0.2, 0.25) is 0 Å². The Morgan fingerprint density at radius 3 is 3.08 bits per heavy atom. The van der Waals surface area contributed by atoms with Crippen LogP contribution in [0.1, 0.15) is 5.56 Å². The molecular weight excluding hydrogens is 160 g/mol. The predicted molar refractivity (Wildman–Crippen MR) is 43.5 cm³/mol. The standard InChI is InChI=1S/C9H9F2N/c10-5-8-3-6-1-2-7(11)4-9(6)12-8/h1-2,4,8,12H,3,5H2. The van der Waals surface area contributed by atoms with E-state index in [-0.39, 0.29) is 11.9 Å². The van der Waals surface area contributed by atoms with Gasteiger partial charge in [-0.1, -0.05) is 6.07 Å². The summed E-state index contributed by atoms with van der Waals surface area (Å²) in [5.74, 6) is -0.277. The SMILES string of the molecule is FCC1Cc2ccc(F)cc2N1. The first kappa shape index (κ1) is 7.53. The minimum absolute atomic E-state index is 0.165. The van der Waals surface area contributed by atoms with E-state index in [4.69, 9.17) is 0 Å². The molecule has 1 N–H and O–H groups in total. The summed E-state index contributed by atoms with van der Waals surface area (Å²) in [5.41, 5.74) is 1.73. The van der Waals surface area contributed by atoms with E-state index in [9.17, 15) is 8.78 Å². The van der Waals surface area contributed by atoms with Crippen molar-refractivity contribution in [2.45, 2.75) is 12.5 Å². The highest BCUT2D eigenvalue weighted by atomic mass is 19.1. The van der Waals surface area contributed by atoms with Gasteiger partial charge in [-0.25, -0.2) is 8.78 Å². The minimum atomic E-state index is -0.406. The molecule has 1 aromatic rings. The lowest BCUT2D eigenvalue weighted by Crippen LogP contribution is -2.17. The molecule has 0 aromatic heterocycles. The number of halogens is 2. The molecule has 1 heterocycles. The van der Waals surface area contributed by atoms with E-state index in [0.29, 0.717) is 6.42 Å². The highest BCUT2D eigenvalue weighted by Crippen LogP contribution is 2.26. The lowest BCUT2D eigenvalue weighted by atomic mass is 10.1. The summed E-state index contributed by atoms with van der Waals surface area (Å²) in [4.78, 5) is 0. The normalized spacial score (nSPS) is 20.3. The first-order valence-electron chi connectivity index (χ1n) is 3.90. The maximum atomic E-state index is 12.7. The number of rotatable bonds is 1. The quantitative estimate of drug-likeness (QED) is 0.679. The van der Waals surface area contributed by atoms with E-state index in [1.54, 1.807) is 6.07 Å². The maximum Gasteiger partial charge on any atom is 0.125 e. The zero-order chi connectivity index (χ0) is 8.55. The largest absolute Gasteiger partial charge is 0.379 e.